The molecule has 4 aromatic heterocycles. The van der Waals surface area contributed by atoms with Gasteiger partial charge in [-0.1, -0.05) is 24.3 Å². The predicted molar refractivity (Wildman–Crippen MR) is 124 cm³/mol. The Kier molecular flexibility index (Phi) is 3.98. The fourth-order valence-electron chi connectivity index (χ4n) is 4.21. The topological polar surface area (TPSA) is 75.2 Å². The van der Waals surface area contributed by atoms with Gasteiger partial charge >= 0.3 is 0 Å². The van der Waals surface area contributed by atoms with Gasteiger partial charge in [-0.2, -0.15) is 5.10 Å². The van der Waals surface area contributed by atoms with E-state index in [1.807, 2.05) is 55.2 Å². The van der Waals surface area contributed by atoms with E-state index in [1.54, 1.807) is 12.1 Å². The van der Waals surface area contributed by atoms with Crippen LogP contribution in [0.15, 0.2) is 67.0 Å². The summed E-state index contributed by atoms with van der Waals surface area (Å²) in [5, 5.41) is 9.46. The number of H-pyrrole nitrogens is 2. The second kappa shape index (κ2) is 6.88. The van der Waals surface area contributed by atoms with Crippen LogP contribution in [0.25, 0.3) is 55.7 Å². The van der Waals surface area contributed by atoms with E-state index in [1.165, 1.54) is 6.07 Å². The van der Waals surface area contributed by atoms with Crippen LogP contribution in [0.1, 0.15) is 5.82 Å². The number of fused-ring (bicyclic) bond motifs is 2. The van der Waals surface area contributed by atoms with E-state index in [-0.39, 0.29) is 5.82 Å². The molecule has 0 saturated heterocycles. The third-order valence-corrected chi connectivity index (χ3v) is 5.99. The molecule has 2 N–H and O–H groups in total. The number of halogens is 1. The number of aromatic amines is 2. The average Bonchev–Trinajstić information content (AvgIpc) is 3.50. The van der Waals surface area contributed by atoms with Crippen LogP contribution in [0.3, 0.4) is 0 Å². The molecule has 0 spiro atoms. The van der Waals surface area contributed by atoms with Crippen molar-refractivity contribution in [3.63, 3.8) is 0 Å². The first-order valence-electron chi connectivity index (χ1n) is 10.3. The first-order chi connectivity index (χ1) is 15.6. The third-order valence-electron chi connectivity index (χ3n) is 5.99. The van der Waals surface area contributed by atoms with Crippen molar-refractivity contribution in [2.24, 2.45) is 7.05 Å². The van der Waals surface area contributed by atoms with Crippen molar-refractivity contribution in [1.29, 1.82) is 0 Å². The summed E-state index contributed by atoms with van der Waals surface area (Å²) in [5.74, 6) is 0.687. The second-order valence-corrected chi connectivity index (χ2v) is 7.90. The van der Waals surface area contributed by atoms with Crippen molar-refractivity contribution in [3.05, 3.63) is 78.6 Å². The summed E-state index contributed by atoms with van der Waals surface area (Å²) in [4.78, 5) is 12.4. The maximum Gasteiger partial charge on any atom is 0.181 e. The van der Waals surface area contributed by atoms with Gasteiger partial charge in [0.25, 0.3) is 0 Å². The maximum absolute atomic E-state index is 13.8. The quantitative estimate of drug-likeness (QED) is 0.389. The molecule has 6 aromatic rings. The minimum atomic E-state index is -0.251. The first-order valence-corrected chi connectivity index (χ1v) is 10.3. The van der Waals surface area contributed by atoms with E-state index in [2.05, 4.69) is 37.3 Å². The number of nitrogens with one attached hydrogen (secondary N) is 2. The van der Waals surface area contributed by atoms with E-state index in [9.17, 15) is 4.39 Å². The number of hydrogen-bond acceptors (Lipinski definition) is 3. The summed E-state index contributed by atoms with van der Waals surface area (Å²) in [7, 11) is 1.99. The SMILES string of the molecule is Cc1ncc(-c2cnc3n[nH]c(-c4cc5c(-c6cccc(F)c6)cccc5[nH]4)c3c2)n1C. The molecule has 6 nitrogen and oxygen atoms in total. The monoisotopic (exact) mass is 422 g/mol. The molecule has 156 valence electrons. The standard InChI is InChI=1S/C25H19FN6/c1-14-27-13-23(32(14)2)16-10-20-24(30-31-25(20)28-12-16)22-11-19-18(7-4-8-21(19)29-22)15-5-3-6-17(26)9-15/h3-13,29H,1-2H3,(H,28,30,31). The van der Waals surface area contributed by atoms with Gasteiger partial charge < -0.3 is 9.55 Å². The van der Waals surface area contributed by atoms with Crippen LogP contribution in [-0.2, 0) is 7.05 Å². The molecular formula is C25H19FN6. The zero-order chi connectivity index (χ0) is 21.8. The van der Waals surface area contributed by atoms with Crippen LogP contribution < -0.4 is 0 Å². The van der Waals surface area contributed by atoms with Gasteiger partial charge in [0.2, 0.25) is 0 Å². The van der Waals surface area contributed by atoms with Crippen molar-refractivity contribution < 1.29 is 4.39 Å². The number of benzene rings is 2. The molecule has 0 unspecified atom stereocenters. The smallest absolute Gasteiger partial charge is 0.181 e. The Bertz CT molecular complexity index is 1620. The Morgan fingerprint density at radius 2 is 1.78 bits per heavy atom. The van der Waals surface area contributed by atoms with Gasteiger partial charge in [-0.25, -0.2) is 14.4 Å². The van der Waals surface area contributed by atoms with Crippen molar-refractivity contribution >= 4 is 21.9 Å². The maximum atomic E-state index is 13.8. The Morgan fingerprint density at radius 3 is 2.59 bits per heavy atom. The zero-order valence-electron chi connectivity index (χ0n) is 17.5. The zero-order valence-corrected chi connectivity index (χ0v) is 17.5. The number of aromatic nitrogens is 6. The van der Waals surface area contributed by atoms with Crippen molar-refractivity contribution in [1.82, 2.24) is 29.7 Å². The number of hydrogen-bond donors (Lipinski definition) is 2. The number of nitrogens with zero attached hydrogens (tertiary/aromatic N) is 4. The Morgan fingerprint density at radius 1 is 0.906 bits per heavy atom. The molecule has 0 aliphatic heterocycles. The van der Waals surface area contributed by atoms with Crippen LogP contribution in [0.4, 0.5) is 4.39 Å². The number of pyridine rings is 1. The van der Waals surface area contributed by atoms with Gasteiger partial charge in [0.1, 0.15) is 11.6 Å². The lowest BCUT2D eigenvalue weighted by Crippen LogP contribution is -1.94. The fourth-order valence-corrected chi connectivity index (χ4v) is 4.21. The molecule has 0 bridgehead atoms. The molecule has 4 heterocycles. The molecular weight excluding hydrogens is 403 g/mol. The Balaban J connectivity index is 1.52. The van der Waals surface area contributed by atoms with E-state index >= 15 is 0 Å². The highest BCUT2D eigenvalue weighted by Gasteiger charge is 2.15. The highest BCUT2D eigenvalue weighted by Crippen LogP contribution is 2.35. The van der Waals surface area contributed by atoms with Gasteiger partial charge in [0.05, 0.1) is 23.3 Å². The molecule has 6 rings (SSSR count). The predicted octanol–water partition coefficient (Wildman–Crippen LogP) is 5.62. The largest absolute Gasteiger partial charge is 0.353 e. The molecule has 2 aromatic carbocycles. The van der Waals surface area contributed by atoms with Gasteiger partial charge in [0.15, 0.2) is 5.65 Å². The third kappa shape index (κ3) is 2.82. The second-order valence-electron chi connectivity index (χ2n) is 7.90. The summed E-state index contributed by atoms with van der Waals surface area (Å²) in [5.41, 5.74) is 7.14. The van der Waals surface area contributed by atoms with Crippen LogP contribution in [-0.4, -0.2) is 29.7 Å². The van der Waals surface area contributed by atoms with Crippen LogP contribution in [0.2, 0.25) is 0 Å². The minimum absolute atomic E-state index is 0.251. The van der Waals surface area contributed by atoms with Gasteiger partial charge in [-0.05, 0) is 48.4 Å². The minimum Gasteiger partial charge on any atom is -0.353 e. The lowest BCUT2D eigenvalue weighted by atomic mass is 10.0. The summed E-state index contributed by atoms with van der Waals surface area (Å²) in [6.45, 7) is 1.97. The molecule has 0 amide bonds. The molecule has 0 radical (unpaired) electrons. The highest BCUT2D eigenvalue weighted by atomic mass is 19.1. The Labute approximate surface area is 182 Å². The molecule has 0 fully saturated rings. The number of rotatable bonds is 3. The molecule has 32 heavy (non-hydrogen) atoms. The lowest BCUT2D eigenvalue weighted by Gasteiger charge is -2.04. The van der Waals surface area contributed by atoms with E-state index in [4.69, 9.17) is 0 Å². The van der Waals surface area contributed by atoms with Crippen LogP contribution in [0, 0.1) is 12.7 Å². The lowest BCUT2D eigenvalue weighted by molar-refractivity contribution is 0.628. The van der Waals surface area contributed by atoms with Gasteiger partial charge in [0, 0.05) is 35.1 Å². The first kappa shape index (κ1) is 18.5. The summed E-state index contributed by atoms with van der Waals surface area (Å²) in [6, 6.07) is 16.8. The van der Waals surface area contributed by atoms with E-state index < -0.39 is 0 Å². The van der Waals surface area contributed by atoms with Crippen molar-refractivity contribution in [2.45, 2.75) is 6.92 Å². The van der Waals surface area contributed by atoms with E-state index in [0.29, 0.717) is 5.65 Å². The fraction of sp³-hybridized carbons (Fsp3) is 0.0800. The van der Waals surface area contributed by atoms with E-state index in [0.717, 1.165) is 55.9 Å². The van der Waals surface area contributed by atoms with Crippen LogP contribution in [0.5, 0.6) is 0 Å². The summed E-state index contributed by atoms with van der Waals surface area (Å²) in [6.07, 6.45) is 3.67. The summed E-state index contributed by atoms with van der Waals surface area (Å²) < 4.78 is 15.9. The number of aryl methyl sites for hydroxylation is 1. The van der Waals surface area contributed by atoms with Gasteiger partial charge in [-0.15, -0.1) is 0 Å². The Hall–Kier alpha value is -4.26. The molecule has 0 atom stereocenters. The van der Waals surface area contributed by atoms with Gasteiger partial charge in [-0.3, -0.25) is 5.10 Å². The highest BCUT2D eigenvalue weighted by molar-refractivity contribution is 6.01. The number of imidazole rings is 1. The average molecular weight is 422 g/mol. The van der Waals surface area contributed by atoms with Crippen molar-refractivity contribution in [2.75, 3.05) is 0 Å². The normalized spacial score (nSPS) is 11.6. The van der Waals surface area contributed by atoms with Crippen molar-refractivity contribution in [3.8, 4) is 33.8 Å². The molecule has 0 aliphatic rings. The molecule has 0 saturated carbocycles. The molecule has 7 heteroatoms. The summed E-state index contributed by atoms with van der Waals surface area (Å²) >= 11 is 0. The molecule has 0 aliphatic carbocycles. The van der Waals surface area contributed by atoms with Crippen LogP contribution >= 0.6 is 0 Å².